The second-order valence-corrected chi connectivity index (χ2v) is 5.91. The Hall–Kier alpha value is -3.81. The molecule has 0 amide bonds. The molecule has 0 fully saturated rings. The first-order valence-electron chi connectivity index (χ1n) is 8.46. The van der Waals surface area contributed by atoms with Crippen molar-refractivity contribution in [3.63, 3.8) is 0 Å². The van der Waals surface area contributed by atoms with Crippen molar-refractivity contribution in [2.75, 3.05) is 11.9 Å². The summed E-state index contributed by atoms with van der Waals surface area (Å²) in [4.78, 5) is 15.4. The molecule has 8 heteroatoms. The Kier molecular flexibility index (Phi) is 4.44. The van der Waals surface area contributed by atoms with Crippen LogP contribution < -0.4 is 5.32 Å². The maximum absolute atomic E-state index is 11.3. The van der Waals surface area contributed by atoms with E-state index in [-0.39, 0.29) is 5.69 Å². The lowest BCUT2D eigenvalue weighted by molar-refractivity contribution is -0.384. The predicted octanol–water partition coefficient (Wildman–Crippen LogP) is 3.35. The molecule has 0 aliphatic carbocycles. The van der Waals surface area contributed by atoms with Crippen molar-refractivity contribution in [1.82, 2.24) is 19.6 Å². The predicted molar refractivity (Wildman–Crippen MR) is 102 cm³/mol. The maximum Gasteiger partial charge on any atom is 0.295 e. The zero-order chi connectivity index (χ0) is 18.6. The van der Waals surface area contributed by atoms with Gasteiger partial charge in [-0.2, -0.15) is 0 Å². The van der Waals surface area contributed by atoms with Crippen molar-refractivity contribution >= 4 is 17.2 Å². The molecule has 3 aromatic heterocycles. The fourth-order valence-electron chi connectivity index (χ4n) is 2.87. The molecule has 8 nitrogen and oxygen atoms in total. The summed E-state index contributed by atoms with van der Waals surface area (Å²) in [6.45, 7) is 0.578. The third-order valence-electron chi connectivity index (χ3n) is 4.16. The number of nitrogens with zero attached hydrogens (tertiary/aromatic N) is 5. The van der Waals surface area contributed by atoms with E-state index in [9.17, 15) is 10.1 Å². The minimum Gasteiger partial charge on any atom is -0.370 e. The van der Waals surface area contributed by atoms with E-state index < -0.39 is 4.92 Å². The topological polar surface area (TPSA) is 98.2 Å². The summed E-state index contributed by atoms with van der Waals surface area (Å²) >= 11 is 0. The summed E-state index contributed by atoms with van der Waals surface area (Å²) in [5.74, 6) is 1.41. The second kappa shape index (κ2) is 7.20. The lowest BCUT2D eigenvalue weighted by Gasteiger charge is -2.08. The minimum absolute atomic E-state index is 0.0183. The molecule has 4 aromatic rings. The van der Waals surface area contributed by atoms with Gasteiger partial charge in [-0.05, 0) is 18.2 Å². The van der Waals surface area contributed by atoms with Gasteiger partial charge in [-0.3, -0.25) is 14.5 Å². The molecule has 0 spiro atoms. The highest BCUT2D eigenvalue weighted by Gasteiger charge is 2.17. The van der Waals surface area contributed by atoms with E-state index in [0.29, 0.717) is 30.0 Å². The molecule has 0 saturated heterocycles. The molecule has 134 valence electrons. The van der Waals surface area contributed by atoms with Crippen molar-refractivity contribution < 1.29 is 4.92 Å². The minimum atomic E-state index is -0.415. The van der Waals surface area contributed by atoms with E-state index >= 15 is 0 Å². The number of hydrogen-bond donors (Lipinski definition) is 1. The van der Waals surface area contributed by atoms with Gasteiger partial charge >= 0.3 is 0 Å². The van der Waals surface area contributed by atoms with Gasteiger partial charge in [-0.15, -0.1) is 10.2 Å². The molecule has 1 N–H and O–H groups in total. The van der Waals surface area contributed by atoms with Gasteiger partial charge in [-0.1, -0.05) is 36.4 Å². The van der Waals surface area contributed by atoms with Gasteiger partial charge in [0, 0.05) is 30.8 Å². The van der Waals surface area contributed by atoms with Crippen LogP contribution in [-0.4, -0.2) is 31.1 Å². The standard InChI is InChI=1S/C19H16N6O2/c26-25(27)15-9-10-16(21-19(15)14-6-2-1-3-7-14)20-12-11-18-23-22-17-8-4-5-13-24(17)18/h1-10,13H,11-12H2,(H,20,21). The Balaban J connectivity index is 1.53. The van der Waals surface area contributed by atoms with Gasteiger partial charge in [0.05, 0.1) is 4.92 Å². The molecule has 0 radical (unpaired) electrons. The lowest BCUT2D eigenvalue weighted by atomic mass is 10.1. The van der Waals surface area contributed by atoms with Crippen molar-refractivity contribution in [2.45, 2.75) is 6.42 Å². The number of rotatable bonds is 6. The highest BCUT2D eigenvalue weighted by Crippen LogP contribution is 2.29. The Morgan fingerprint density at radius 2 is 1.81 bits per heavy atom. The van der Waals surface area contributed by atoms with Gasteiger partial charge in [0.25, 0.3) is 5.69 Å². The van der Waals surface area contributed by atoms with E-state index in [1.54, 1.807) is 18.2 Å². The zero-order valence-corrected chi connectivity index (χ0v) is 14.3. The van der Waals surface area contributed by atoms with Crippen molar-refractivity contribution in [3.8, 4) is 11.3 Å². The monoisotopic (exact) mass is 360 g/mol. The molecule has 27 heavy (non-hydrogen) atoms. The maximum atomic E-state index is 11.3. The molecular formula is C19H16N6O2. The van der Waals surface area contributed by atoms with Gasteiger partial charge in [0.1, 0.15) is 11.6 Å². The molecule has 1 aromatic carbocycles. The third kappa shape index (κ3) is 3.45. The number of hydrogen-bond acceptors (Lipinski definition) is 6. The molecular weight excluding hydrogens is 344 g/mol. The van der Waals surface area contributed by atoms with Crippen LogP contribution in [0.2, 0.25) is 0 Å². The van der Waals surface area contributed by atoms with E-state index in [1.807, 2.05) is 47.0 Å². The second-order valence-electron chi connectivity index (χ2n) is 5.91. The number of pyridine rings is 2. The van der Waals surface area contributed by atoms with E-state index in [2.05, 4.69) is 20.5 Å². The quantitative estimate of drug-likeness (QED) is 0.418. The van der Waals surface area contributed by atoms with Gasteiger partial charge in [0.2, 0.25) is 0 Å². The van der Waals surface area contributed by atoms with Crippen LogP contribution >= 0.6 is 0 Å². The Labute approximate surface area is 154 Å². The highest BCUT2D eigenvalue weighted by atomic mass is 16.6. The molecule has 0 unspecified atom stereocenters. The normalized spacial score (nSPS) is 10.8. The number of nitrogens with one attached hydrogen (secondary N) is 1. The number of benzene rings is 1. The first-order chi connectivity index (χ1) is 13.2. The highest BCUT2D eigenvalue weighted by molar-refractivity contribution is 5.71. The zero-order valence-electron chi connectivity index (χ0n) is 14.3. The van der Waals surface area contributed by atoms with Crippen molar-refractivity contribution in [3.05, 3.63) is 82.8 Å². The molecule has 0 aliphatic heterocycles. The molecule has 3 heterocycles. The van der Waals surface area contributed by atoms with Crippen LogP contribution in [0.4, 0.5) is 11.5 Å². The molecule has 0 atom stereocenters. The third-order valence-corrected chi connectivity index (χ3v) is 4.16. The fourth-order valence-corrected chi connectivity index (χ4v) is 2.87. The molecule has 0 saturated carbocycles. The summed E-state index contributed by atoms with van der Waals surface area (Å²) in [5, 5.41) is 22.9. The SMILES string of the molecule is O=[N+]([O-])c1ccc(NCCc2nnc3ccccn23)nc1-c1ccccc1. The van der Waals surface area contributed by atoms with Crippen LogP contribution in [-0.2, 0) is 6.42 Å². The smallest absolute Gasteiger partial charge is 0.295 e. The number of fused-ring (bicyclic) bond motifs is 1. The Bertz CT molecular complexity index is 1090. The summed E-state index contributed by atoms with van der Waals surface area (Å²) in [5.41, 5.74) is 1.83. The van der Waals surface area contributed by atoms with Crippen molar-refractivity contribution in [1.29, 1.82) is 0 Å². The molecule has 0 aliphatic rings. The van der Waals surface area contributed by atoms with E-state index in [1.165, 1.54) is 6.07 Å². The van der Waals surface area contributed by atoms with Gasteiger partial charge in [-0.25, -0.2) is 4.98 Å². The van der Waals surface area contributed by atoms with Crippen LogP contribution in [0.1, 0.15) is 5.82 Å². The Morgan fingerprint density at radius 3 is 2.63 bits per heavy atom. The van der Waals surface area contributed by atoms with Crippen LogP contribution in [0.25, 0.3) is 16.9 Å². The average Bonchev–Trinajstić information content (AvgIpc) is 3.12. The van der Waals surface area contributed by atoms with E-state index in [0.717, 1.165) is 11.5 Å². The van der Waals surface area contributed by atoms with E-state index in [4.69, 9.17) is 0 Å². The molecule has 0 bridgehead atoms. The lowest BCUT2D eigenvalue weighted by Crippen LogP contribution is -2.09. The largest absolute Gasteiger partial charge is 0.370 e. The summed E-state index contributed by atoms with van der Waals surface area (Å²) in [6.07, 6.45) is 2.56. The van der Waals surface area contributed by atoms with Crippen LogP contribution in [0.3, 0.4) is 0 Å². The molecule has 4 rings (SSSR count). The fraction of sp³-hybridized carbons (Fsp3) is 0.105. The van der Waals surface area contributed by atoms with Crippen LogP contribution in [0.5, 0.6) is 0 Å². The van der Waals surface area contributed by atoms with Gasteiger partial charge < -0.3 is 5.32 Å². The summed E-state index contributed by atoms with van der Waals surface area (Å²) in [7, 11) is 0. The summed E-state index contributed by atoms with van der Waals surface area (Å²) in [6, 6.07) is 18.0. The Morgan fingerprint density at radius 1 is 1.00 bits per heavy atom. The average molecular weight is 360 g/mol. The van der Waals surface area contributed by atoms with Crippen LogP contribution in [0, 0.1) is 10.1 Å². The summed E-state index contributed by atoms with van der Waals surface area (Å²) < 4.78 is 1.93. The number of anilines is 1. The number of aromatic nitrogens is 4. The number of nitro groups is 1. The first kappa shape index (κ1) is 16.6. The van der Waals surface area contributed by atoms with Crippen LogP contribution in [0.15, 0.2) is 66.9 Å². The van der Waals surface area contributed by atoms with Gasteiger partial charge in [0.15, 0.2) is 11.3 Å². The first-order valence-corrected chi connectivity index (χ1v) is 8.46. The van der Waals surface area contributed by atoms with Crippen molar-refractivity contribution in [2.24, 2.45) is 0 Å².